The van der Waals surface area contributed by atoms with Crippen molar-refractivity contribution in [2.45, 2.75) is 45.2 Å². The molecule has 6 nitrogen and oxygen atoms in total. The molecule has 6 rings (SSSR count). The van der Waals surface area contributed by atoms with Crippen molar-refractivity contribution in [3.05, 3.63) is 89.9 Å². The van der Waals surface area contributed by atoms with E-state index in [4.69, 9.17) is 4.98 Å². The number of aromatic nitrogens is 3. The molecule has 2 aromatic heterocycles. The van der Waals surface area contributed by atoms with Crippen molar-refractivity contribution in [1.82, 2.24) is 19.7 Å². The van der Waals surface area contributed by atoms with Gasteiger partial charge in [0.05, 0.1) is 11.9 Å². The summed E-state index contributed by atoms with van der Waals surface area (Å²) in [6.07, 6.45) is 11.9. The molecule has 1 amide bonds. The predicted molar refractivity (Wildman–Crippen MR) is 139 cm³/mol. The van der Waals surface area contributed by atoms with Gasteiger partial charge in [-0.25, -0.2) is 0 Å². The molecule has 0 radical (unpaired) electrons. The molecular formula is C30H30N4O2. The first-order valence-corrected chi connectivity index (χ1v) is 12.8. The number of rotatable bonds is 7. The van der Waals surface area contributed by atoms with Crippen LogP contribution >= 0.6 is 0 Å². The highest BCUT2D eigenvalue weighted by atomic mass is 16.3. The monoisotopic (exact) mass is 478 g/mol. The Kier molecular flexibility index (Phi) is 6.01. The third-order valence-corrected chi connectivity index (χ3v) is 7.54. The minimum Gasteiger partial charge on any atom is -0.508 e. The normalized spacial score (nSPS) is 15.6. The molecule has 2 aliphatic rings. The molecule has 0 atom stereocenters. The molecule has 1 aliphatic heterocycles. The predicted octanol–water partition coefficient (Wildman–Crippen LogP) is 5.71. The average Bonchev–Trinajstić information content (AvgIpc) is 3.65. The molecule has 6 heteroatoms. The number of hydrogen-bond donors (Lipinski definition) is 1. The molecule has 182 valence electrons. The van der Waals surface area contributed by atoms with Crippen molar-refractivity contribution in [2.75, 3.05) is 6.54 Å². The summed E-state index contributed by atoms with van der Waals surface area (Å²) >= 11 is 0. The standard InChI is InChI=1S/C30H30N4O2/c35-26-11-7-21(8-12-26)13-15-33-19-24-10-9-23(16-28(24)30(33)36)29-27(6-3-14-31-29)25-17-32-34(20-25)18-22-4-1-2-5-22/h3,6-12,14,16-17,20,22,35H,1-2,4-5,13,15,18-19H2. The van der Waals surface area contributed by atoms with Crippen LogP contribution in [0.2, 0.25) is 0 Å². The summed E-state index contributed by atoms with van der Waals surface area (Å²) in [7, 11) is 0. The van der Waals surface area contributed by atoms with Crippen molar-refractivity contribution in [3.8, 4) is 28.1 Å². The number of pyridine rings is 1. The zero-order chi connectivity index (χ0) is 24.5. The molecule has 3 heterocycles. The second-order valence-electron chi connectivity index (χ2n) is 10.0. The summed E-state index contributed by atoms with van der Waals surface area (Å²) in [5, 5.41) is 14.1. The fourth-order valence-electron chi connectivity index (χ4n) is 5.54. The maximum Gasteiger partial charge on any atom is 0.254 e. The quantitative estimate of drug-likeness (QED) is 0.370. The Labute approximate surface area is 211 Å². The first kappa shape index (κ1) is 22.5. The molecule has 1 saturated carbocycles. The Hall–Kier alpha value is -3.93. The van der Waals surface area contributed by atoms with E-state index in [1.807, 2.05) is 35.4 Å². The Balaban J connectivity index is 1.21. The molecule has 0 spiro atoms. The number of phenols is 1. The highest BCUT2D eigenvalue weighted by molar-refractivity contribution is 6.00. The van der Waals surface area contributed by atoms with Gasteiger partial charge in [-0.2, -0.15) is 5.10 Å². The first-order chi connectivity index (χ1) is 17.6. The number of nitrogens with zero attached hydrogens (tertiary/aromatic N) is 4. The van der Waals surface area contributed by atoms with E-state index in [1.54, 1.807) is 18.3 Å². The minimum absolute atomic E-state index is 0.0625. The second kappa shape index (κ2) is 9.61. The van der Waals surface area contributed by atoms with Crippen molar-refractivity contribution in [2.24, 2.45) is 5.92 Å². The molecule has 1 N–H and O–H groups in total. The van der Waals surface area contributed by atoms with Gasteiger partial charge in [0, 0.05) is 54.3 Å². The third-order valence-electron chi connectivity index (χ3n) is 7.54. The number of carbonyl (C=O) groups excluding carboxylic acids is 1. The third kappa shape index (κ3) is 4.51. The molecule has 0 saturated heterocycles. The van der Waals surface area contributed by atoms with E-state index < -0.39 is 0 Å². The van der Waals surface area contributed by atoms with Gasteiger partial charge in [0.15, 0.2) is 0 Å². The lowest BCUT2D eigenvalue weighted by Crippen LogP contribution is -2.26. The largest absolute Gasteiger partial charge is 0.508 e. The minimum atomic E-state index is 0.0625. The smallest absolute Gasteiger partial charge is 0.254 e. The molecular weight excluding hydrogens is 448 g/mol. The van der Waals surface area contributed by atoms with Crippen LogP contribution in [0.4, 0.5) is 0 Å². The maximum atomic E-state index is 13.2. The average molecular weight is 479 g/mol. The zero-order valence-corrected chi connectivity index (χ0v) is 20.3. The summed E-state index contributed by atoms with van der Waals surface area (Å²) in [6.45, 7) is 2.24. The number of phenolic OH excluding ortho intramolecular Hbond substituents is 1. The van der Waals surface area contributed by atoms with Crippen LogP contribution < -0.4 is 0 Å². The Bertz CT molecular complexity index is 1390. The number of aromatic hydroxyl groups is 1. The van der Waals surface area contributed by atoms with E-state index in [0.717, 1.165) is 58.0 Å². The van der Waals surface area contributed by atoms with E-state index in [9.17, 15) is 9.90 Å². The Morgan fingerprint density at radius 1 is 0.972 bits per heavy atom. The van der Waals surface area contributed by atoms with Crippen LogP contribution in [0.15, 0.2) is 73.2 Å². The van der Waals surface area contributed by atoms with Gasteiger partial charge in [-0.1, -0.05) is 43.2 Å². The van der Waals surface area contributed by atoms with Crippen LogP contribution in [-0.2, 0) is 19.5 Å². The fraction of sp³-hybridized carbons (Fsp3) is 0.300. The van der Waals surface area contributed by atoms with Crippen molar-refractivity contribution in [1.29, 1.82) is 0 Å². The van der Waals surface area contributed by atoms with Crippen molar-refractivity contribution >= 4 is 5.91 Å². The highest BCUT2D eigenvalue weighted by Crippen LogP contribution is 2.34. The van der Waals surface area contributed by atoms with Gasteiger partial charge in [-0.3, -0.25) is 14.5 Å². The van der Waals surface area contributed by atoms with Gasteiger partial charge in [0.2, 0.25) is 0 Å². The fourth-order valence-corrected chi connectivity index (χ4v) is 5.54. The van der Waals surface area contributed by atoms with Crippen molar-refractivity contribution < 1.29 is 9.90 Å². The van der Waals surface area contributed by atoms with E-state index in [2.05, 4.69) is 34.2 Å². The maximum absolute atomic E-state index is 13.2. The van der Waals surface area contributed by atoms with Gasteiger partial charge in [0.1, 0.15) is 5.75 Å². The van der Waals surface area contributed by atoms with Crippen LogP contribution in [0.1, 0.15) is 47.2 Å². The number of amides is 1. The van der Waals surface area contributed by atoms with Gasteiger partial charge < -0.3 is 10.0 Å². The number of fused-ring (bicyclic) bond motifs is 1. The number of hydrogen-bond acceptors (Lipinski definition) is 4. The molecule has 0 bridgehead atoms. The summed E-state index contributed by atoms with van der Waals surface area (Å²) in [5.41, 5.74) is 6.81. The molecule has 4 aromatic rings. The SMILES string of the molecule is O=C1c2cc(-c3ncccc3-c3cnn(CC4CCCC4)c3)ccc2CN1CCc1ccc(O)cc1. The topological polar surface area (TPSA) is 71.2 Å². The van der Waals surface area contributed by atoms with Gasteiger partial charge in [-0.15, -0.1) is 0 Å². The lowest BCUT2D eigenvalue weighted by molar-refractivity contribution is 0.0780. The Morgan fingerprint density at radius 2 is 1.81 bits per heavy atom. The lowest BCUT2D eigenvalue weighted by Gasteiger charge is -2.15. The first-order valence-electron chi connectivity index (χ1n) is 12.8. The van der Waals surface area contributed by atoms with Gasteiger partial charge in [-0.05, 0) is 60.6 Å². The van der Waals surface area contributed by atoms with Gasteiger partial charge in [0.25, 0.3) is 5.91 Å². The summed E-state index contributed by atoms with van der Waals surface area (Å²) < 4.78 is 2.07. The van der Waals surface area contributed by atoms with Gasteiger partial charge >= 0.3 is 0 Å². The molecule has 36 heavy (non-hydrogen) atoms. The molecule has 1 fully saturated rings. The molecule has 2 aromatic carbocycles. The number of benzene rings is 2. The van der Waals surface area contributed by atoms with Crippen LogP contribution in [0.5, 0.6) is 5.75 Å². The summed E-state index contributed by atoms with van der Waals surface area (Å²) in [5.74, 6) is 1.05. The summed E-state index contributed by atoms with van der Waals surface area (Å²) in [4.78, 5) is 19.8. The summed E-state index contributed by atoms with van der Waals surface area (Å²) in [6, 6.07) is 17.3. The molecule has 0 unspecified atom stereocenters. The van der Waals surface area contributed by atoms with E-state index in [0.29, 0.717) is 13.1 Å². The van der Waals surface area contributed by atoms with E-state index in [-0.39, 0.29) is 11.7 Å². The molecule has 1 aliphatic carbocycles. The highest BCUT2D eigenvalue weighted by Gasteiger charge is 2.28. The van der Waals surface area contributed by atoms with E-state index in [1.165, 1.54) is 25.7 Å². The van der Waals surface area contributed by atoms with E-state index >= 15 is 0 Å². The van der Waals surface area contributed by atoms with Crippen molar-refractivity contribution in [3.63, 3.8) is 0 Å². The lowest BCUT2D eigenvalue weighted by atomic mass is 9.98. The zero-order valence-electron chi connectivity index (χ0n) is 20.3. The number of carbonyl (C=O) groups is 1. The van der Waals surface area contributed by atoms with Crippen LogP contribution in [0, 0.1) is 5.92 Å². The second-order valence-corrected chi connectivity index (χ2v) is 10.0. The van der Waals surface area contributed by atoms with Crippen LogP contribution in [0.3, 0.4) is 0 Å². The Morgan fingerprint density at radius 3 is 2.64 bits per heavy atom. The van der Waals surface area contributed by atoms with Crippen LogP contribution in [0.25, 0.3) is 22.4 Å². The van der Waals surface area contributed by atoms with Crippen LogP contribution in [-0.4, -0.2) is 37.2 Å².